The summed E-state index contributed by atoms with van der Waals surface area (Å²) in [5.41, 5.74) is 1.51. The molecule has 1 aromatic rings. The zero-order valence-electron chi connectivity index (χ0n) is 8.82. The van der Waals surface area contributed by atoms with E-state index in [9.17, 15) is 8.42 Å². The molecule has 0 aliphatic heterocycles. The number of aliphatic hydroxyl groups excluding tert-OH is 1. The van der Waals surface area contributed by atoms with Crippen molar-refractivity contribution < 1.29 is 13.5 Å². The van der Waals surface area contributed by atoms with E-state index in [1.54, 1.807) is 12.1 Å². The highest BCUT2D eigenvalue weighted by molar-refractivity contribution is 7.89. The molecule has 0 saturated carbocycles. The van der Waals surface area contributed by atoms with Gasteiger partial charge in [0.05, 0.1) is 11.5 Å². The first-order chi connectivity index (χ1) is 7.03. The molecular weight excluding hydrogens is 214 g/mol. The van der Waals surface area contributed by atoms with Gasteiger partial charge in [-0.05, 0) is 36.7 Å². The molecule has 0 fully saturated rings. The third-order valence-electron chi connectivity index (χ3n) is 2.20. The molecule has 0 saturated heterocycles. The summed E-state index contributed by atoms with van der Waals surface area (Å²) >= 11 is 0. The second kappa shape index (κ2) is 4.74. The average molecular weight is 229 g/mol. The van der Waals surface area contributed by atoms with Gasteiger partial charge in [-0.3, -0.25) is 0 Å². The maximum absolute atomic E-state index is 11.5. The van der Waals surface area contributed by atoms with E-state index >= 15 is 0 Å². The normalized spacial score (nSPS) is 11.7. The Morgan fingerprint density at radius 2 is 1.87 bits per heavy atom. The number of aliphatic hydroxyl groups is 1. The average Bonchev–Trinajstić information content (AvgIpc) is 2.28. The molecule has 15 heavy (non-hydrogen) atoms. The highest BCUT2D eigenvalue weighted by Crippen LogP contribution is 2.15. The summed E-state index contributed by atoms with van der Waals surface area (Å²) in [4.78, 5) is 0.202. The Morgan fingerprint density at radius 1 is 1.27 bits per heavy atom. The van der Waals surface area contributed by atoms with Crippen molar-refractivity contribution in [3.63, 3.8) is 0 Å². The molecule has 0 aliphatic rings. The molecule has 0 spiro atoms. The van der Waals surface area contributed by atoms with Crippen LogP contribution in [0.2, 0.25) is 0 Å². The maximum atomic E-state index is 11.5. The lowest BCUT2D eigenvalue weighted by Gasteiger charge is -2.07. The Kier molecular flexibility index (Phi) is 3.84. The Bertz CT molecular complexity index is 418. The van der Waals surface area contributed by atoms with E-state index < -0.39 is 10.0 Å². The number of hydrogen-bond donors (Lipinski definition) is 2. The summed E-state index contributed by atoms with van der Waals surface area (Å²) < 4.78 is 25.3. The molecule has 0 aromatic heterocycles. The van der Waals surface area contributed by atoms with Crippen LogP contribution in [0, 0.1) is 0 Å². The predicted octanol–water partition coefficient (Wildman–Crippen LogP) is 0.649. The van der Waals surface area contributed by atoms with Crippen LogP contribution in [0.4, 0.5) is 0 Å². The van der Waals surface area contributed by atoms with Crippen LogP contribution in [0.5, 0.6) is 0 Å². The van der Waals surface area contributed by atoms with E-state index in [0.29, 0.717) is 5.56 Å². The fourth-order valence-corrected chi connectivity index (χ4v) is 2.15. The van der Waals surface area contributed by atoms with Crippen LogP contribution in [-0.4, -0.2) is 20.6 Å². The van der Waals surface area contributed by atoms with E-state index in [4.69, 9.17) is 5.11 Å². The van der Waals surface area contributed by atoms with Gasteiger partial charge in [0, 0.05) is 0 Å². The summed E-state index contributed by atoms with van der Waals surface area (Å²) in [5.74, 6) is 0. The quantitative estimate of drug-likeness (QED) is 0.796. The largest absolute Gasteiger partial charge is 0.392 e. The molecular formula is C10H15NO3S. The number of hydrogen-bond acceptors (Lipinski definition) is 3. The zero-order valence-corrected chi connectivity index (χ0v) is 9.63. The van der Waals surface area contributed by atoms with Gasteiger partial charge in [-0.25, -0.2) is 13.1 Å². The molecule has 0 atom stereocenters. The van der Waals surface area contributed by atoms with Gasteiger partial charge >= 0.3 is 0 Å². The van der Waals surface area contributed by atoms with Gasteiger partial charge in [0.2, 0.25) is 10.0 Å². The zero-order chi connectivity index (χ0) is 11.5. The third-order valence-corrected chi connectivity index (χ3v) is 3.59. The Hall–Kier alpha value is -0.910. The molecule has 0 unspecified atom stereocenters. The van der Waals surface area contributed by atoms with Gasteiger partial charge in [-0.2, -0.15) is 0 Å². The topological polar surface area (TPSA) is 66.4 Å². The first-order valence-corrected chi connectivity index (χ1v) is 6.19. The van der Waals surface area contributed by atoms with Gasteiger partial charge in [-0.1, -0.05) is 13.0 Å². The van der Waals surface area contributed by atoms with Crippen LogP contribution < -0.4 is 4.72 Å². The van der Waals surface area contributed by atoms with Crippen molar-refractivity contribution in [2.24, 2.45) is 0 Å². The second-order valence-corrected chi connectivity index (χ2v) is 5.09. The number of nitrogens with one attached hydrogen (secondary N) is 1. The summed E-state index contributed by atoms with van der Waals surface area (Å²) in [7, 11) is -2.06. The molecule has 5 heteroatoms. The monoisotopic (exact) mass is 229 g/mol. The van der Waals surface area contributed by atoms with E-state index in [1.165, 1.54) is 13.1 Å². The van der Waals surface area contributed by atoms with Crippen molar-refractivity contribution in [2.75, 3.05) is 7.05 Å². The van der Waals surface area contributed by atoms with Crippen LogP contribution >= 0.6 is 0 Å². The van der Waals surface area contributed by atoms with Crippen LogP contribution in [0.3, 0.4) is 0 Å². The Morgan fingerprint density at radius 3 is 2.33 bits per heavy atom. The minimum atomic E-state index is -3.42. The summed E-state index contributed by atoms with van der Waals surface area (Å²) in [6, 6.07) is 4.89. The molecule has 0 aliphatic carbocycles. The number of rotatable bonds is 4. The SMILES string of the molecule is CCc1cc(CO)cc(S(=O)(=O)NC)c1. The van der Waals surface area contributed by atoms with Gasteiger partial charge in [-0.15, -0.1) is 0 Å². The van der Waals surface area contributed by atoms with Crippen LogP contribution in [0.15, 0.2) is 23.1 Å². The number of sulfonamides is 1. The van der Waals surface area contributed by atoms with Crippen LogP contribution in [0.1, 0.15) is 18.1 Å². The molecule has 0 heterocycles. The summed E-state index contributed by atoms with van der Waals surface area (Å²) in [6.07, 6.45) is 0.736. The van der Waals surface area contributed by atoms with Gasteiger partial charge in [0.15, 0.2) is 0 Å². The molecule has 1 rings (SSSR count). The molecule has 1 aromatic carbocycles. The lowest BCUT2D eigenvalue weighted by Crippen LogP contribution is -2.19. The van der Waals surface area contributed by atoms with Gasteiger partial charge < -0.3 is 5.11 Å². The van der Waals surface area contributed by atoms with Gasteiger partial charge in [0.1, 0.15) is 0 Å². The van der Waals surface area contributed by atoms with Crippen molar-refractivity contribution in [2.45, 2.75) is 24.8 Å². The first-order valence-electron chi connectivity index (χ1n) is 4.70. The molecule has 2 N–H and O–H groups in total. The molecule has 0 radical (unpaired) electrons. The summed E-state index contributed by atoms with van der Waals surface area (Å²) in [6.45, 7) is 1.78. The van der Waals surface area contributed by atoms with Crippen molar-refractivity contribution in [1.29, 1.82) is 0 Å². The number of aryl methyl sites for hydroxylation is 1. The maximum Gasteiger partial charge on any atom is 0.240 e. The van der Waals surface area contributed by atoms with E-state index in [1.807, 2.05) is 6.92 Å². The minimum Gasteiger partial charge on any atom is -0.392 e. The first kappa shape index (κ1) is 12.2. The fraction of sp³-hybridized carbons (Fsp3) is 0.400. The van der Waals surface area contributed by atoms with Crippen molar-refractivity contribution in [1.82, 2.24) is 4.72 Å². The smallest absolute Gasteiger partial charge is 0.240 e. The Balaban J connectivity index is 3.30. The van der Waals surface area contributed by atoms with E-state index in [0.717, 1.165) is 12.0 Å². The fourth-order valence-electron chi connectivity index (χ4n) is 1.30. The molecule has 4 nitrogen and oxygen atoms in total. The van der Waals surface area contributed by atoms with Crippen LogP contribution in [-0.2, 0) is 23.1 Å². The lowest BCUT2D eigenvalue weighted by atomic mass is 10.1. The van der Waals surface area contributed by atoms with Crippen molar-refractivity contribution in [3.05, 3.63) is 29.3 Å². The lowest BCUT2D eigenvalue weighted by molar-refractivity contribution is 0.281. The highest BCUT2D eigenvalue weighted by atomic mass is 32.2. The predicted molar refractivity (Wildman–Crippen MR) is 58.0 cm³/mol. The second-order valence-electron chi connectivity index (χ2n) is 3.20. The highest BCUT2D eigenvalue weighted by Gasteiger charge is 2.12. The molecule has 0 amide bonds. The van der Waals surface area contributed by atoms with E-state index in [2.05, 4.69) is 4.72 Å². The summed E-state index contributed by atoms with van der Waals surface area (Å²) in [5, 5.41) is 9.01. The number of benzene rings is 1. The molecule has 84 valence electrons. The van der Waals surface area contributed by atoms with Crippen molar-refractivity contribution >= 4 is 10.0 Å². The van der Waals surface area contributed by atoms with Crippen LogP contribution in [0.25, 0.3) is 0 Å². The van der Waals surface area contributed by atoms with Gasteiger partial charge in [0.25, 0.3) is 0 Å². The van der Waals surface area contributed by atoms with E-state index in [-0.39, 0.29) is 11.5 Å². The third kappa shape index (κ3) is 2.77. The molecule has 0 bridgehead atoms. The Labute approximate surface area is 90.0 Å². The van der Waals surface area contributed by atoms with Crippen molar-refractivity contribution in [3.8, 4) is 0 Å². The minimum absolute atomic E-state index is 0.153. The standard InChI is InChI=1S/C10H15NO3S/c1-3-8-4-9(7-12)6-10(5-8)15(13,14)11-2/h4-6,11-12H,3,7H2,1-2H3.